The topological polar surface area (TPSA) is 75.3 Å². The molecule has 0 bridgehead atoms. The van der Waals surface area contributed by atoms with E-state index in [0.717, 1.165) is 19.3 Å². The van der Waals surface area contributed by atoms with Gasteiger partial charge in [0.15, 0.2) is 0 Å². The zero-order valence-electron chi connectivity index (χ0n) is 6.12. The highest BCUT2D eigenvalue weighted by molar-refractivity contribution is 5.85. The average molecular weight is 181 g/mol. The van der Waals surface area contributed by atoms with Crippen LogP contribution < -0.4 is 11.1 Å². The van der Waals surface area contributed by atoms with E-state index in [4.69, 9.17) is 10.8 Å². The van der Waals surface area contributed by atoms with Crippen LogP contribution in [0.1, 0.15) is 19.3 Å². The summed E-state index contributed by atoms with van der Waals surface area (Å²) in [4.78, 5) is 10.1. The summed E-state index contributed by atoms with van der Waals surface area (Å²) in [5, 5.41) is 10.7. The Labute approximate surface area is 71.6 Å². The lowest BCUT2D eigenvalue weighted by atomic mass is 10.2. The van der Waals surface area contributed by atoms with Crippen LogP contribution in [0, 0.1) is 0 Å². The lowest BCUT2D eigenvalue weighted by Crippen LogP contribution is -2.32. The van der Waals surface area contributed by atoms with Gasteiger partial charge in [-0.2, -0.15) is 0 Å². The molecular formula is C6H13ClN2O2. The number of halogens is 1. The van der Waals surface area contributed by atoms with Gasteiger partial charge in [0.05, 0.1) is 0 Å². The Morgan fingerprint density at radius 2 is 2.18 bits per heavy atom. The quantitative estimate of drug-likeness (QED) is 0.552. The van der Waals surface area contributed by atoms with Crippen LogP contribution in [0.3, 0.4) is 0 Å². The molecule has 1 aliphatic carbocycles. The van der Waals surface area contributed by atoms with Gasteiger partial charge in [-0.05, 0) is 19.3 Å². The van der Waals surface area contributed by atoms with Crippen LogP contribution in [-0.4, -0.2) is 23.3 Å². The van der Waals surface area contributed by atoms with E-state index in [-0.39, 0.29) is 24.5 Å². The monoisotopic (exact) mass is 180 g/mol. The van der Waals surface area contributed by atoms with Gasteiger partial charge in [0.1, 0.15) is 0 Å². The highest BCUT2D eigenvalue weighted by atomic mass is 35.5. The summed E-state index contributed by atoms with van der Waals surface area (Å²) in [6.45, 7) is 0. The minimum Gasteiger partial charge on any atom is -0.465 e. The maximum absolute atomic E-state index is 10.1. The van der Waals surface area contributed by atoms with Crippen molar-refractivity contribution in [2.24, 2.45) is 5.73 Å². The Bertz CT molecular complexity index is 143. The van der Waals surface area contributed by atoms with Crippen LogP contribution in [0.25, 0.3) is 0 Å². The van der Waals surface area contributed by atoms with Gasteiger partial charge in [0, 0.05) is 12.1 Å². The van der Waals surface area contributed by atoms with Gasteiger partial charge in [-0.3, -0.25) is 0 Å². The van der Waals surface area contributed by atoms with Crippen molar-refractivity contribution in [3.05, 3.63) is 0 Å². The third-order valence-electron chi connectivity index (χ3n) is 1.80. The Morgan fingerprint density at radius 3 is 2.55 bits per heavy atom. The summed E-state index contributed by atoms with van der Waals surface area (Å²) in [5.74, 6) is 0. The predicted molar refractivity (Wildman–Crippen MR) is 44.0 cm³/mol. The minimum absolute atomic E-state index is 0. The molecule has 1 saturated carbocycles. The van der Waals surface area contributed by atoms with E-state index in [0.29, 0.717) is 0 Å². The highest BCUT2D eigenvalue weighted by Crippen LogP contribution is 2.16. The molecule has 0 aromatic carbocycles. The van der Waals surface area contributed by atoms with Crippen LogP contribution in [0.2, 0.25) is 0 Å². The predicted octanol–water partition coefficient (Wildman–Crippen LogP) is 0.556. The van der Waals surface area contributed by atoms with Crippen LogP contribution >= 0.6 is 12.4 Å². The van der Waals surface area contributed by atoms with Crippen LogP contribution in [0.4, 0.5) is 4.79 Å². The number of carboxylic acid groups (broad SMARTS) is 1. The van der Waals surface area contributed by atoms with Gasteiger partial charge >= 0.3 is 6.09 Å². The van der Waals surface area contributed by atoms with Crippen molar-refractivity contribution in [3.8, 4) is 0 Å². The zero-order valence-corrected chi connectivity index (χ0v) is 6.93. The molecule has 1 aliphatic rings. The first kappa shape index (κ1) is 10.5. The van der Waals surface area contributed by atoms with Crippen molar-refractivity contribution in [2.45, 2.75) is 31.3 Å². The van der Waals surface area contributed by atoms with Crippen LogP contribution in [0.15, 0.2) is 0 Å². The van der Waals surface area contributed by atoms with Crippen molar-refractivity contribution in [1.29, 1.82) is 0 Å². The number of nitrogens with two attached hydrogens (primary N) is 1. The standard InChI is InChI=1S/C6H12N2O2.ClH/c7-4-1-2-5(3-4)8-6(9)10;/h4-5,8H,1-3,7H2,(H,9,10);1H/t4-,5-;/m0./s1. The molecule has 0 spiro atoms. The molecule has 0 aromatic heterocycles. The molecule has 5 heteroatoms. The van der Waals surface area contributed by atoms with E-state index in [2.05, 4.69) is 5.32 Å². The number of carbonyl (C=O) groups is 1. The second-order valence-electron chi connectivity index (χ2n) is 2.72. The van der Waals surface area contributed by atoms with Crippen molar-refractivity contribution in [2.75, 3.05) is 0 Å². The number of hydrogen-bond donors (Lipinski definition) is 3. The Balaban J connectivity index is 0.000001000. The second-order valence-corrected chi connectivity index (χ2v) is 2.72. The van der Waals surface area contributed by atoms with Crippen molar-refractivity contribution >= 4 is 18.5 Å². The Morgan fingerprint density at radius 1 is 1.55 bits per heavy atom. The summed E-state index contributed by atoms with van der Waals surface area (Å²) < 4.78 is 0. The lowest BCUT2D eigenvalue weighted by molar-refractivity contribution is 0.190. The molecular weight excluding hydrogens is 168 g/mol. The highest BCUT2D eigenvalue weighted by Gasteiger charge is 2.22. The molecule has 0 aromatic rings. The van der Waals surface area contributed by atoms with Gasteiger partial charge in [-0.15, -0.1) is 12.4 Å². The van der Waals surface area contributed by atoms with Crippen LogP contribution in [0.5, 0.6) is 0 Å². The number of hydrogen-bond acceptors (Lipinski definition) is 2. The van der Waals surface area contributed by atoms with E-state index < -0.39 is 6.09 Å². The van der Waals surface area contributed by atoms with Crippen LogP contribution in [-0.2, 0) is 0 Å². The van der Waals surface area contributed by atoms with Gasteiger partial charge in [0.2, 0.25) is 0 Å². The molecule has 1 fully saturated rings. The Kier molecular flexibility index (Phi) is 4.22. The molecule has 1 rings (SSSR count). The van der Waals surface area contributed by atoms with Gasteiger partial charge in [-0.1, -0.05) is 0 Å². The largest absolute Gasteiger partial charge is 0.465 e. The summed E-state index contributed by atoms with van der Waals surface area (Å²) in [6.07, 6.45) is 1.66. The smallest absolute Gasteiger partial charge is 0.404 e. The van der Waals surface area contributed by atoms with Crippen molar-refractivity contribution in [1.82, 2.24) is 5.32 Å². The molecule has 11 heavy (non-hydrogen) atoms. The molecule has 0 heterocycles. The van der Waals surface area contributed by atoms with Gasteiger partial charge < -0.3 is 16.2 Å². The van der Waals surface area contributed by atoms with E-state index in [1.54, 1.807) is 0 Å². The number of rotatable bonds is 1. The molecule has 1 amide bonds. The summed E-state index contributed by atoms with van der Waals surface area (Å²) in [7, 11) is 0. The zero-order chi connectivity index (χ0) is 7.56. The second kappa shape index (κ2) is 4.41. The van der Waals surface area contributed by atoms with Gasteiger partial charge in [-0.25, -0.2) is 4.79 Å². The normalized spacial score (nSPS) is 29.2. The summed E-state index contributed by atoms with van der Waals surface area (Å²) in [5.41, 5.74) is 5.57. The fourth-order valence-electron chi connectivity index (χ4n) is 1.32. The molecule has 4 nitrogen and oxygen atoms in total. The lowest BCUT2D eigenvalue weighted by Gasteiger charge is -2.07. The molecule has 66 valence electrons. The van der Waals surface area contributed by atoms with E-state index in [9.17, 15) is 4.79 Å². The summed E-state index contributed by atoms with van der Waals surface area (Å²) >= 11 is 0. The summed E-state index contributed by atoms with van der Waals surface area (Å²) in [6, 6.07) is 0.282. The SMILES string of the molecule is Cl.N[C@H]1CC[C@H](NC(=O)O)C1. The average Bonchev–Trinajstić information content (AvgIpc) is 2.13. The fraction of sp³-hybridized carbons (Fsp3) is 0.833. The first-order valence-electron chi connectivity index (χ1n) is 3.43. The molecule has 4 N–H and O–H groups in total. The number of nitrogens with one attached hydrogen (secondary N) is 1. The van der Waals surface area contributed by atoms with E-state index in [1.165, 1.54) is 0 Å². The minimum atomic E-state index is -0.945. The molecule has 0 unspecified atom stereocenters. The third-order valence-corrected chi connectivity index (χ3v) is 1.80. The molecule has 0 saturated heterocycles. The molecule has 0 radical (unpaired) electrons. The van der Waals surface area contributed by atoms with Crippen molar-refractivity contribution < 1.29 is 9.90 Å². The third kappa shape index (κ3) is 3.43. The first-order chi connectivity index (χ1) is 4.68. The van der Waals surface area contributed by atoms with Crippen molar-refractivity contribution in [3.63, 3.8) is 0 Å². The molecule has 0 aliphatic heterocycles. The maximum Gasteiger partial charge on any atom is 0.404 e. The van der Waals surface area contributed by atoms with Gasteiger partial charge in [0.25, 0.3) is 0 Å². The maximum atomic E-state index is 10.1. The molecule has 2 atom stereocenters. The first-order valence-corrected chi connectivity index (χ1v) is 3.43. The number of amides is 1. The Hall–Kier alpha value is -0.480. The van der Waals surface area contributed by atoms with E-state index >= 15 is 0 Å². The van der Waals surface area contributed by atoms with E-state index in [1.807, 2.05) is 0 Å². The fourth-order valence-corrected chi connectivity index (χ4v) is 1.32.